The van der Waals surface area contributed by atoms with Crippen LogP contribution in [0, 0.1) is 11.3 Å². The van der Waals surface area contributed by atoms with Crippen molar-refractivity contribution in [1.82, 2.24) is 4.98 Å². The quantitative estimate of drug-likeness (QED) is 0.747. The van der Waals surface area contributed by atoms with E-state index >= 15 is 0 Å². The summed E-state index contributed by atoms with van der Waals surface area (Å²) >= 11 is 0. The van der Waals surface area contributed by atoms with Crippen LogP contribution in [0.25, 0.3) is 0 Å². The highest BCUT2D eigenvalue weighted by molar-refractivity contribution is 7.87. The number of carbonyl (C=O) groups excluding carboxylic acids is 1. The standard InChI is InChI=1S/C11H10FN3O4S/c1-19-9-2-3-14-11(8(9)5-13)15-6-7(4-10(15)16)20(12,17)18/h2-3,7H,4,6H2,1H3. The molecule has 7 nitrogen and oxygen atoms in total. The summed E-state index contributed by atoms with van der Waals surface area (Å²) in [6, 6.07) is 3.28. The van der Waals surface area contributed by atoms with E-state index in [1.54, 1.807) is 0 Å². The Balaban J connectivity index is 2.44. The smallest absolute Gasteiger partial charge is 0.307 e. The molecule has 0 saturated carbocycles. The molecule has 1 amide bonds. The Bertz CT molecular complexity index is 698. The van der Waals surface area contributed by atoms with Crippen molar-refractivity contribution in [1.29, 1.82) is 5.26 Å². The average Bonchev–Trinajstić information content (AvgIpc) is 2.79. The van der Waals surface area contributed by atoms with Crippen molar-refractivity contribution < 1.29 is 21.8 Å². The molecule has 1 unspecified atom stereocenters. The van der Waals surface area contributed by atoms with Gasteiger partial charge in [-0.1, -0.05) is 0 Å². The number of halogens is 1. The molecule has 1 aliphatic heterocycles. The van der Waals surface area contributed by atoms with E-state index in [0.29, 0.717) is 0 Å². The Morgan fingerprint density at radius 3 is 2.80 bits per heavy atom. The van der Waals surface area contributed by atoms with E-state index in [1.165, 1.54) is 19.4 Å². The number of rotatable bonds is 3. The lowest BCUT2D eigenvalue weighted by Crippen LogP contribution is -2.28. The third-order valence-electron chi connectivity index (χ3n) is 2.97. The molecule has 0 aliphatic carbocycles. The Morgan fingerprint density at radius 2 is 2.30 bits per heavy atom. The molecule has 106 valence electrons. The first-order valence-electron chi connectivity index (χ1n) is 5.55. The molecule has 2 heterocycles. The van der Waals surface area contributed by atoms with Crippen LogP contribution in [0.3, 0.4) is 0 Å². The third-order valence-corrected chi connectivity index (χ3v) is 4.08. The van der Waals surface area contributed by atoms with Crippen LogP contribution < -0.4 is 9.64 Å². The first kappa shape index (κ1) is 14.2. The Labute approximate surface area is 114 Å². The highest BCUT2D eigenvalue weighted by Gasteiger charge is 2.40. The molecule has 1 aliphatic rings. The highest BCUT2D eigenvalue weighted by atomic mass is 32.3. The van der Waals surface area contributed by atoms with Gasteiger partial charge in [0, 0.05) is 19.2 Å². The zero-order chi connectivity index (χ0) is 14.9. The van der Waals surface area contributed by atoms with Crippen LogP contribution >= 0.6 is 0 Å². The van der Waals surface area contributed by atoms with Crippen LogP contribution in [-0.4, -0.2) is 38.2 Å². The third kappa shape index (κ3) is 2.42. The topological polar surface area (TPSA) is 100 Å². The second-order valence-corrected chi connectivity index (χ2v) is 5.75. The van der Waals surface area contributed by atoms with Gasteiger partial charge in [0.15, 0.2) is 5.82 Å². The summed E-state index contributed by atoms with van der Waals surface area (Å²) in [7, 11) is -3.47. The van der Waals surface area contributed by atoms with Crippen molar-refractivity contribution in [3.63, 3.8) is 0 Å². The van der Waals surface area contributed by atoms with Gasteiger partial charge in [-0.2, -0.15) is 13.7 Å². The summed E-state index contributed by atoms with van der Waals surface area (Å²) in [4.78, 5) is 16.7. The van der Waals surface area contributed by atoms with Crippen molar-refractivity contribution in [2.45, 2.75) is 11.7 Å². The lowest BCUT2D eigenvalue weighted by Gasteiger charge is -2.17. The first-order valence-corrected chi connectivity index (χ1v) is 7.00. The Morgan fingerprint density at radius 1 is 1.60 bits per heavy atom. The van der Waals surface area contributed by atoms with E-state index in [4.69, 9.17) is 10.00 Å². The van der Waals surface area contributed by atoms with Gasteiger partial charge in [0.25, 0.3) is 0 Å². The van der Waals surface area contributed by atoms with Gasteiger partial charge in [-0.3, -0.25) is 9.69 Å². The molecule has 0 bridgehead atoms. The Hall–Kier alpha value is -2.21. The predicted octanol–water partition coefficient (Wildman–Crippen LogP) is 0.366. The maximum absolute atomic E-state index is 13.0. The second kappa shape index (κ2) is 5.05. The average molecular weight is 299 g/mol. The SMILES string of the molecule is COc1ccnc(N2CC(S(=O)(=O)F)CC2=O)c1C#N. The van der Waals surface area contributed by atoms with E-state index in [1.807, 2.05) is 6.07 Å². The maximum atomic E-state index is 13.0. The van der Waals surface area contributed by atoms with Crippen molar-refractivity contribution >= 4 is 21.9 Å². The Kier molecular flexibility index (Phi) is 3.59. The fourth-order valence-corrected chi connectivity index (χ4v) is 2.65. The number of amides is 1. The molecule has 1 aromatic heterocycles. The van der Waals surface area contributed by atoms with Crippen LogP contribution in [-0.2, 0) is 15.0 Å². The molecule has 1 fully saturated rings. The molecular weight excluding hydrogens is 289 g/mol. The molecule has 9 heteroatoms. The van der Waals surface area contributed by atoms with E-state index in [2.05, 4.69) is 4.98 Å². The molecular formula is C11H10FN3O4S. The number of hydrogen-bond donors (Lipinski definition) is 0. The molecule has 1 atom stereocenters. The second-order valence-electron chi connectivity index (χ2n) is 4.13. The molecule has 0 spiro atoms. The van der Waals surface area contributed by atoms with Gasteiger partial charge in [-0.25, -0.2) is 4.98 Å². The number of aromatic nitrogens is 1. The lowest BCUT2D eigenvalue weighted by atomic mass is 10.2. The van der Waals surface area contributed by atoms with E-state index < -0.39 is 27.8 Å². The monoisotopic (exact) mass is 299 g/mol. The van der Waals surface area contributed by atoms with Crippen molar-refractivity contribution in [3.05, 3.63) is 17.8 Å². The number of pyridine rings is 1. The molecule has 20 heavy (non-hydrogen) atoms. The summed E-state index contributed by atoms with van der Waals surface area (Å²) in [6.45, 7) is -0.369. The van der Waals surface area contributed by atoms with Crippen LogP contribution in [0.4, 0.5) is 9.70 Å². The summed E-state index contributed by atoms with van der Waals surface area (Å²) in [5, 5.41) is 7.67. The van der Waals surface area contributed by atoms with Crippen molar-refractivity contribution in [3.8, 4) is 11.8 Å². The van der Waals surface area contributed by atoms with Crippen LogP contribution in [0.15, 0.2) is 12.3 Å². The van der Waals surface area contributed by atoms with Gasteiger partial charge in [-0.05, 0) is 6.07 Å². The molecule has 1 saturated heterocycles. The number of carbonyl (C=O) groups is 1. The van der Waals surface area contributed by atoms with Crippen LogP contribution in [0.5, 0.6) is 5.75 Å². The zero-order valence-corrected chi connectivity index (χ0v) is 11.2. The van der Waals surface area contributed by atoms with Gasteiger partial charge in [0.2, 0.25) is 5.91 Å². The van der Waals surface area contributed by atoms with Crippen LogP contribution in [0.2, 0.25) is 0 Å². The molecule has 0 aromatic carbocycles. The summed E-state index contributed by atoms with van der Waals surface area (Å²) < 4.78 is 39.7. The van der Waals surface area contributed by atoms with Crippen molar-refractivity contribution in [2.75, 3.05) is 18.6 Å². The predicted molar refractivity (Wildman–Crippen MR) is 66.3 cm³/mol. The van der Waals surface area contributed by atoms with Gasteiger partial charge >= 0.3 is 10.2 Å². The number of methoxy groups -OCH3 is 1. The highest BCUT2D eigenvalue weighted by Crippen LogP contribution is 2.30. The zero-order valence-electron chi connectivity index (χ0n) is 10.4. The fourth-order valence-electron chi connectivity index (χ4n) is 1.98. The number of hydrogen-bond acceptors (Lipinski definition) is 6. The van der Waals surface area contributed by atoms with Crippen molar-refractivity contribution in [2.24, 2.45) is 0 Å². The molecule has 0 radical (unpaired) electrons. The summed E-state index contributed by atoms with van der Waals surface area (Å²) in [5.41, 5.74) is 0.000237. The van der Waals surface area contributed by atoms with E-state index in [9.17, 15) is 17.1 Å². The van der Waals surface area contributed by atoms with Gasteiger partial charge < -0.3 is 4.74 Å². The molecule has 0 N–H and O–H groups in total. The minimum absolute atomic E-state index is 0.000237. The lowest BCUT2D eigenvalue weighted by molar-refractivity contribution is -0.117. The minimum Gasteiger partial charge on any atom is -0.495 e. The largest absolute Gasteiger partial charge is 0.495 e. The van der Waals surface area contributed by atoms with Gasteiger partial charge in [-0.15, -0.1) is 3.89 Å². The molecule has 2 rings (SSSR count). The summed E-state index contributed by atoms with van der Waals surface area (Å²) in [6.07, 6.45) is 0.849. The number of nitrogens with zero attached hydrogens (tertiary/aromatic N) is 3. The van der Waals surface area contributed by atoms with Crippen LogP contribution in [0.1, 0.15) is 12.0 Å². The van der Waals surface area contributed by atoms with Gasteiger partial charge in [0.05, 0.1) is 7.11 Å². The first-order chi connectivity index (χ1) is 9.38. The minimum atomic E-state index is -4.82. The number of ether oxygens (including phenoxy) is 1. The molecule has 1 aromatic rings. The summed E-state index contributed by atoms with van der Waals surface area (Å²) in [5.74, 6) is -0.423. The number of nitriles is 1. The van der Waals surface area contributed by atoms with E-state index in [-0.39, 0.29) is 23.7 Å². The number of anilines is 1. The van der Waals surface area contributed by atoms with E-state index in [0.717, 1.165) is 4.90 Å². The normalized spacial score (nSPS) is 18.9. The fraction of sp³-hybridized carbons (Fsp3) is 0.364. The maximum Gasteiger partial charge on any atom is 0.307 e. The van der Waals surface area contributed by atoms with Gasteiger partial charge in [0.1, 0.15) is 22.6 Å².